The van der Waals surface area contributed by atoms with Crippen molar-refractivity contribution >= 4 is 17.5 Å². The zero-order valence-electron chi connectivity index (χ0n) is 14.1. The molecule has 1 aliphatic rings. The molecule has 2 aromatic carbocycles. The van der Waals surface area contributed by atoms with E-state index in [0.29, 0.717) is 24.5 Å². The topological polar surface area (TPSA) is 58.1 Å². The molecule has 1 atom stereocenters. The van der Waals surface area contributed by atoms with Gasteiger partial charge in [-0.1, -0.05) is 48.0 Å². The third-order valence-electron chi connectivity index (χ3n) is 4.79. The lowest BCUT2D eigenvalue weighted by molar-refractivity contribution is 0.0784. The van der Waals surface area contributed by atoms with Crippen molar-refractivity contribution in [1.29, 1.82) is 0 Å². The van der Waals surface area contributed by atoms with Gasteiger partial charge in [0.1, 0.15) is 5.69 Å². The number of aromatic nitrogens is 2. The van der Waals surface area contributed by atoms with Crippen LogP contribution < -0.4 is 5.56 Å². The van der Waals surface area contributed by atoms with Crippen LogP contribution in [0, 0.1) is 0 Å². The van der Waals surface area contributed by atoms with Gasteiger partial charge in [-0.3, -0.25) is 14.7 Å². The molecule has 26 heavy (non-hydrogen) atoms. The summed E-state index contributed by atoms with van der Waals surface area (Å²) in [4.78, 5) is 26.8. The summed E-state index contributed by atoms with van der Waals surface area (Å²) in [5, 5.41) is 3.66. The number of nitrogens with zero attached hydrogens (tertiary/aromatic N) is 2. The van der Waals surface area contributed by atoms with Gasteiger partial charge in [0.05, 0.1) is 5.69 Å². The number of carbonyl (C=O) groups excluding carboxylic acids is 1. The van der Waals surface area contributed by atoms with Gasteiger partial charge in [-0.2, -0.15) is 0 Å². The molecular formula is C20H18ClN3O2. The summed E-state index contributed by atoms with van der Waals surface area (Å²) in [5.41, 5.74) is 1.83. The van der Waals surface area contributed by atoms with Crippen LogP contribution in [0.15, 0.2) is 65.5 Å². The van der Waals surface area contributed by atoms with Crippen LogP contribution in [0.3, 0.4) is 0 Å². The maximum Gasteiger partial charge on any atom is 0.271 e. The SMILES string of the molecule is O=C(c1cc(=O)n(-c2ccccc2)[nH]1)N1CC[C@@H](c2ccccc2Cl)C1. The smallest absolute Gasteiger partial charge is 0.271 e. The van der Waals surface area contributed by atoms with E-state index in [1.165, 1.54) is 10.7 Å². The highest BCUT2D eigenvalue weighted by Gasteiger charge is 2.30. The molecule has 1 saturated heterocycles. The van der Waals surface area contributed by atoms with E-state index in [2.05, 4.69) is 5.10 Å². The Labute approximate surface area is 155 Å². The Morgan fingerprint density at radius 3 is 2.58 bits per heavy atom. The molecule has 3 aromatic rings. The molecule has 0 aliphatic carbocycles. The zero-order chi connectivity index (χ0) is 18.1. The van der Waals surface area contributed by atoms with E-state index in [0.717, 1.165) is 17.0 Å². The van der Waals surface area contributed by atoms with Crippen LogP contribution in [-0.2, 0) is 0 Å². The van der Waals surface area contributed by atoms with Crippen LogP contribution >= 0.6 is 11.6 Å². The van der Waals surface area contributed by atoms with E-state index in [1.54, 1.807) is 4.90 Å². The van der Waals surface area contributed by atoms with Crippen molar-refractivity contribution in [2.24, 2.45) is 0 Å². The number of hydrogen-bond acceptors (Lipinski definition) is 2. The fourth-order valence-electron chi connectivity index (χ4n) is 3.45. The van der Waals surface area contributed by atoms with Gasteiger partial charge >= 0.3 is 0 Å². The molecule has 4 rings (SSSR count). The first-order chi connectivity index (χ1) is 12.6. The van der Waals surface area contributed by atoms with Gasteiger partial charge in [0, 0.05) is 30.1 Å². The molecule has 1 amide bonds. The minimum absolute atomic E-state index is 0.161. The summed E-state index contributed by atoms with van der Waals surface area (Å²) < 4.78 is 1.38. The number of likely N-dealkylation sites (tertiary alicyclic amines) is 1. The summed E-state index contributed by atoms with van der Waals surface area (Å²) in [6, 6.07) is 18.3. The first kappa shape index (κ1) is 16.7. The lowest BCUT2D eigenvalue weighted by Gasteiger charge is -2.16. The number of aromatic amines is 1. The summed E-state index contributed by atoms with van der Waals surface area (Å²) >= 11 is 6.29. The van der Waals surface area contributed by atoms with Gasteiger partial charge in [0.25, 0.3) is 11.5 Å². The summed E-state index contributed by atoms with van der Waals surface area (Å²) in [5.74, 6) is 0.0573. The Morgan fingerprint density at radius 2 is 1.81 bits per heavy atom. The molecular weight excluding hydrogens is 350 g/mol. The van der Waals surface area contributed by atoms with Gasteiger partial charge in [0.2, 0.25) is 0 Å². The number of nitrogens with one attached hydrogen (secondary N) is 1. The third-order valence-corrected chi connectivity index (χ3v) is 5.13. The predicted molar refractivity (Wildman–Crippen MR) is 101 cm³/mol. The largest absolute Gasteiger partial charge is 0.337 e. The fraction of sp³-hybridized carbons (Fsp3) is 0.200. The first-order valence-corrected chi connectivity index (χ1v) is 8.92. The van der Waals surface area contributed by atoms with Crippen LogP contribution in [0.5, 0.6) is 0 Å². The molecule has 5 nitrogen and oxygen atoms in total. The highest BCUT2D eigenvalue weighted by molar-refractivity contribution is 6.31. The van der Waals surface area contributed by atoms with E-state index in [-0.39, 0.29) is 17.4 Å². The average Bonchev–Trinajstić information content (AvgIpc) is 3.29. The maximum atomic E-state index is 12.8. The van der Waals surface area contributed by atoms with Crippen LogP contribution in [0.4, 0.5) is 0 Å². The van der Waals surface area contributed by atoms with Gasteiger partial charge in [0.15, 0.2) is 0 Å². The Bertz CT molecular complexity index is 994. The van der Waals surface area contributed by atoms with Gasteiger partial charge < -0.3 is 4.90 Å². The molecule has 132 valence electrons. The van der Waals surface area contributed by atoms with Gasteiger partial charge in [-0.05, 0) is 30.2 Å². The number of halogens is 1. The maximum absolute atomic E-state index is 12.8. The molecule has 0 radical (unpaired) electrons. The van der Waals surface area contributed by atoms with Crippen molar-refractivity contribution in [3.63, 3.8) is 0 Å². The van der Waals surface area contributed by atoms with Gasteiger partial charge in [-0.15, -0.1) is 0 Å². The molecule has 2 heterocycles. The second kappa shape index (κ2) is 6.84. The highest BCUT2D eigenvalue weighted by Crippen LogP contribution is 2.32. The quantitative estimate of drug-likeness (QED) is 0.770. The Morgan fingerprint density at radius 1 is 1.08 bits per heavy atom. The second-order valence-electron chi connectivity index (χ2n) is 6.44. The minimum Gasteiger partial charge on any atom is -0.337 e. The number of benzene rings is 2. The van der Waals surface area contributed by atoms with Crippen molar-refractivity contribution in [2.45, 2.75) is 12.3 Å². The Balaban J connectivity index is 1.54. The number of para-hydroxylation sites is 1. The average molecular weight is 368 g/mol. The molecule has 0 spiro atoms. The minimum atomic E-state index is -0.249. The fourth-order valence-corrected chi connectivity index (χ4v) is 3.74. The van der Waals surface area contributed by atoms with E-state index < -0.39 is 0 Å². The van der Waals surface area contributed by atoms with E-state index >= 15 is 0 Å². The van der Waals surface area contributed by atoms with Crippen LogP contribution in [-0.4, -0.2) is 33.7 Å². The molecule has 1 fully saturated rings. The zero-order valence-corrected chi connectivity index (χ0v) is 14.8. The third kappa shape index (κ3) is 3.06. The molecule has 6 heteroatoms. The van der Waals surface area contributed by atoms with Crippen molar-refractivity contribution in [3.8, 4) is 5.69 Å². The van der Waals surface area contributed by atoms with Crippen molar-refractivity contribution < 1.29 is 4.79 Å². The molecule has 0 saturated carbocycles. The highest BCUT2D eigenvalue weighted by atomic mass is 35.5. The predicted octanol–water partition coefficient (Wildman–Crippen LogP) is 3.45. The molecule has 1 aliphatic heterocycles. The van der Waals surface area contributed by atoms with Crippen molar-refractivity contribution in [3.05, 3.63) is 87.3 Å². The molecule has 0 bridgehead atoms. The standard InChI is InChI=1S/C20H18ClN3O2/c21-17-9-5-4-8-16(17)14-10-11-23(13-14)20(26)18-12-19(25)24(22-18)15-6-2-1-3-7-15/h1-9,12,14,22H,10-11,13H2/t14-/m1/s1. The molecule has 0 unspecified atom stereocenters. The van der Waals surface area contributed by atoms with Crippen molar-refractivity contribution in [1.82, 2.24) is 14.7 Å². The lowest BCUT2D eigenvalue weighted by atomic mass is 9.98. The second-order valence-corrected chi connectivity index (χ2v) is 6.84. The van der Waals surface area contributed by atoms with Crippen LogP contribution in [0.1, 0.15) is 28.4 Å². The van der Waals surface area contributed by atoms with E-state index in [1.807, 2.05) is 54.6 Å². The number of amides is 1. The summed E-state index contributed by atoms with van der Waals surface area (Å²) in [7, 11) is 0. The monoisotopic (exact) mass is 367 g/mol. The van der Waals surface area contributed by atoms with Crippen LogP contribution in [0.2, 0.25) is 5.02 Å². The normalized spacial score (nSPS) is 16.8. The van der Waals surface area contributed by atoms with Crippen molar-refractivity contribution in [2.75, 3.05) is 13.1 Å². The Hall–Kier alpha value is -2.79. The van der Waals surface area contributed by atoms with E-state index in [4.69, 9.17) is 11.6 Å². The Kier molecular flexibility index (Phi) is 4.39. The number of carbonyl (C=O) groups is 1. The van der Waals surface area contributed by atoms with Gasteiger partial charge in [-0.25, -0.2) is 4.68 Å². The first-order valence-electron chi connectivity index (χ1n) is 8.54. The lowest BCUT2D eigenvalue weighted by Crippen LogP contribution is -2.29. The number of hydrogen-bond donors (Lipinski definition) is 1. The van der Waals surface area contributed by atoms with Crippen LogP contribution in [0.25, 0.3) is 5.69 Å². The molecule has 1 N–H and O–H groups in total. The molecule has 1 aromatic heterocycles. The summed E-state index contributed by atoms with van der Waals surface area (Å²) in [6.45, 7) is 1.24. The number of H-pyrrole nitrogens is 1. The number of rotatable bonds is 3. The summed E-state index contributed by atoms with van der Waals surface area (Å²) in [6.07, 6.45) is 0.860. The van der Waals surface area contributed by atoms with E-state index in [9.17, 15) is 9.59 Å².